The molecule has 0 radical (unpaired) electrons. The van der Waals surface area contributed by atoms with E-state index in [-0.39, 0.29) is 0 Å². The van der Waals surface area contributed by atoms with Gasteiger partial charge in [0.15, 0.2) is 6.61 Å². The quantitative estimate of drug-likeness (QED) is 0.743. The first-order valence-electron chi connectivity index (χ1n) is 7.52. The molecule has 2 rings (SSSR count). The molecule has 2 aromatic rings. The molecule has 2 amide bonds. The minimum atomic E-state index is -1.04. The highest BCUT2D eigenvalue weighted by Crippen LogP contribution is 2.11. The molecule has 0 saturated carbocycles. The number of carbonyl (C=O) groups excluding carboxylic acids is 3. The number of ether oxygens (including phenoxy) is 1. The smallest absolute Gasteiger partial charge is 0.325 e. The molecule has 0 aliphatic heterocycles. The molecule has 0 bridgehead atoms. The summed E-state index contributed by atoms with van der Waals surface area (Å²) in [5, 5.41) is 4.04. The Morgan fingerprint density at radius 1 is 1.23 bits per heavy atom. The maximum Gasteiger partial charge on any atom is 0.325 e. The SMILES string of the molecule is CN(Cc1cccs1)C(=O)COC(=O)CNC(=O)c1ccc(F)cc1F. The highest BCUT2D eigenvalue weighted by Gasteiger charge is 2.16. The third-order valence-electron chi connectivity index (χ3n) is 3.32. The molecule has 26 heavy (non-hydrogen) atoms. The third-order valence-corrected chi connectivity index (χ3v) is 4.19. The maximum atomic E-state index is 13.5. The second-order valence-electron chi connectivity index (χ2n) is 5.30. The van der Waals surface area contributed by atoms with Crippen molar-refractivity contribution in [3.05, 3.63) is 57.8 Å². The van der Waals surface area contributed by atoms with E-state index in [2.05, 4.69) is 5.32 Å². The predicted octanol–water partition coefficient (Wildman–Crippen LogP) is 1.96. The van der Waals surface area contributed by atoms with Gasteiger partial charge in [0.25, 0.3) is 11.8 Å². The molecule has 9 heteroatoms. The molecule has 1 N–H and O–H groups in total. The fourth-order valence-electron chi connectivity index (χ4n) is 1.95. The minimum Gasteiger partial charge on any atom is -0.454 e. The maximum absolute atomic E-state index is 13.5. The predicted molar refractivity (Wildman–Crippen MR) is 90.4 cm³/mol. The number of esters is 1. The molecule has 0 fully saturated rings. The van der Waals surface area contributed by atoms with Gasteiger partial charge in [0.05, 0.1) is 12.1 Å². The van der Waals surface area contributed by atoms with Crippen LogP contribution in [0.5, 0.6) is 0 Å². The number of likely N-dealkylation sites (N-methyl/N-ethyl adjacent to an activating group) is 1. The Hall–Kier alpha value is -2.81. The molecular weight excluding hydrogens is 366 g/mol. The number of carbonyl (C=O) groups is 3. The highest BCUT2D eigenvalue weighted by atomic mass is 32.1. The lowest BCUT2D eigenvalue weighted by atomic mass is 10.2. The van der Waals surface area contributed by atoms with Gasteiger partial charge in [-0.05, 0) is 23.6 Å². The van der Waals surface area contributed by atoms with Crippen LogP contribution in [0.3, 0.4) is 0 Å². The summed E-state index contributed by atoms with van der Waals surface area (Å²) in [4.78, 5) is 37.6. The largest absolute Gasteiger partial charge is 0.454 e. The first kappa shape index (κ1) is 19.5. The Labute approximate surface area is 152 Å². The van der Waals surface area contributed by atoms with Crippen molar-refractivity contribution in [2.75, 3.05) is 20.2 Å². The molecule has 0 aliphatic rings. The van der Waals surface area contributed by atoms with Crippen LogP contribution in [0, 0.1) is 11.6 Å². The van der Waals surface area contributed by atoms with Gasteiger partial charge in [0.2, 0.25) is 0 Å². The summed E-state index contributed by atoms with van der Waals surface area (Å²) in [7, 11) is 1.58. The number of hydrogen-bond acceptors (Lipinski definition) is 5. The van der Waals surface area contributed by atoms with Crippen LogP contribution >= 0.6 is 11.3 Å². The van der Waals surface area contributed by atoms with Crippen molar-refractivity contribution < 1.29 is 27.9 Å². The van der Waals surface area contributed by atoms with Crippen molar-refractivity contribution in [2.24, 2.45) is 0 Å². The summed E-state index contributed by atoms with van der Waals surface area (Å²) in [6.45, 7) is -0.617. The van der Waals surface area contributed by atoms with Crippen molar-refractivity contribution in [1.29, 1.82) is 0 Å². The van der Waals surface area contributed by atoms with E-state index >= 15 is 0 Å². The average molecular weight is 382 g/mol. The van der Waals surface area contributed by atoms with Gasteiger partial charge in [-0.2, -0.15) is 0 Å². The summed E-state index contributed by atoms with van der Waals surface area (Å²) in [6.07, 6.45) is 0. The Balaban J connectivity index is 1.74. The Kier molecular flexibility index (Phi) is 6.79. The van der Waals surface area contributed by atoms with Crippen LogP contribution in [-0.4, -0.2) is 42.9 Å². The van der Waals surface area contributed by atoms with Gasteiger partial charge in [-0.25, -0.2) is 8.78 Å². The third kappa shape index (κ3) is 5.62. The molecule has 0 saturated heterocycles. The average Bonchev–Trinajstić information content (AvgIpc) is 3.10. The van der Waals surface area contributed by atoms with Crippen LogP contribution in [-0.2, 0) is 20.9 Å². The van der Waals surface area contributed by atoms with Gasteiger partial charge >= 0.3 is 5.97 Å². The summed E-state index contributed by atoms with van der Waals surface area (Å²) in [5.41, 5.74) is -0.397. The van der Waals surface area contributed by atoms with Gasteiger partial charge in [-0.3, -0.25) is 14.4 Å². The topological polar surface area (TPSA) is 75.7 Å². The molecule has 6 nitrogen and oxygen atoms in total. The lowest BCUT2D eigenvalue weighted by Gasteiger charge is -2.16. The Bertz CT molecular complexity index is 796. The molecule has 1 heterocycles. The van der Waals surface area contributed by atoms with Crippen LogP contribution < -0.4 is 5.32 Å². The van der Waals surface area contributed by atoms with E-state index in [0.29, 0.717) is 12.6 Å². The Morgan fingerprint density at radius 2 is 2.00 bits per heavy atom. The summed E-state index contributed by atoms with van der Waals surface area (Å²) in [5.74, 6) is -3.99. The van der Waals surface area contributed by atoms with E-state index in [1.165, 1.54) is 16.2 Å². The van der Waals surface area contributed by atoms with E-state index in [1.807, 2.05) is 17.5 Å². The number of amides is 2. The van der Waals surface area contributed by atoms with E-state index in [9.17, 15) is 23.2 Å². The standard InChI is InChI=1S/C17H16F2N2O4S/c1-21(9-12-3-2-6-26-12)15(22)10-25-16(23)8-20-17(24)13-5-4-11(18)7-14(13)19/h2-7H,8-10H2,1H3,(H,20,24). The van der Waals surface area contributed by atoms with E-state index in [1.54, 1.807) is 7.05 Å². The molecule has 138 valence electrons. The number of thiophene rings is 1. The number of nitrogens with one attached hydrogen (secondary N) is 1. The molecule has 0 spiro atoms. The van der Waals surface area contributed by atoms with Gasteiger partial charge in [-0.1, -0.05) is 6.07 Å². The van der Waals surface area contributed by atoms with E-state index < -0.39 is 48.1 Å². The van der Waals surface area contributed by atoms with Crippen molar-refractivity contribution in [3.8, 4) is 0 Å². The van der Waals surface area contributed by atoms with Gasteiger partial charge in [0.1, 0.15) is 18.2 Å². The van der Waals surface area contributed by atoms with Crippen molar-refractivity contribution in [2.45, 2.75) is 6.54 Å². The second-order valence-corrected chi connectivity index (χ2v) is 6.33. The van der Waals surface area contributed by atoms with Crippen LogP contribution in [0.2, 0.25) is 0 Å². The van der Waals surface area contributed by atoms with Gasteiger partial charge in [0, 0.05) is 18.0 Å². The normalized spacial score (nSPS) is 10.3. The molecule has 1 aromatic carbocycles. The summed E-state index contributed by atoms with van der Waals surface area (Å²) in [6, 6.07) is 6.21. The van der Waals surface area contributed by atoms with Crippen LogP contribution in [0.15, 0.2) is 35.7 Å². The number of rotatable bonds is 7. The van der Waals surface area contributed by atoms with Crippen LogP contribution in [0.4, 0.5) is 8.78 Å². The molecule has 0 atom stereocenters. The summed E-state index contributed by atoms with van der Waals surface area (Å²) < 4.78 is 31.0. The van der Waals surface area contributed by atoms with Crippen LogP contribution in [0.1, 0.15) is 15.2 Å². The van der Waals surface area contributed by atoms with Gasteiger partial charge in [-0.15, -0.1) is 11.3 Å². The molecule has 1 aromatic heterocycles. The first-order valence-corrected chi connectivity index (χ1v) is 8.40. The fourth-order valence-corrected chi connectivity index (χ4v) is 2.71. The van der Waals surface area contributed by atoms with Crippen LogP contribution in [0.25, 0.3) is 0 Å². The monoisotopic (exact) mass is 382 g/mol. The van der Waals surface area contributed by atoms with E-state index in [4.69, 9.17) is 4.74 Å². The number of halogens is 2. The number of hydrogen-bond donors (Lipinski definition) is 1. The zero-order chi connectivity index (χ0) is 19.1. The Morgan fingerprint density at radius 3 is 2.65 bits per heavy atom. The zero-order valence-corrected chi connectivity index (χ0v) is 14.6. The molecule has 0 unspecified atom stereocenters. The number of benzene rings is 1. The zero-order valence-electron chi connectivity index (χ0n) is 13.8. The van der Waals surface area contributed by atoms with Crippen molar-refractivity contribution in [3.63, 3.8) is 0 Å². The van der Waals surface area contributed by atoms with E-state index in [0.717, 1.165) is 17.0 Å². The summed E-state index contributed by atoms with van der Waals surface area (Å²) >= 11 is 1.50. The lowest BCUT2D eigenvalue weighted by molar-refractivity contribution is -0.150. The molecule has 0 aliphatic carbocycles. The number of nitrogens with zero attached hydrogens (tertiary/aromatic N) is 1. The fraction of sp³-hybridized carbons (Fsp3) is 0.235. The first-order chi connectivity index (χ1) is 12.4. The van der Waals surface area contributed by atoms with Crippen molar-refractivity contribution in [1.82, 2.24) is 10.2 Å². The molecular formula is C17H16F2N2O4S. The highest BCUT2D eigenvalue weighted by molar-refractivity contribution is 7.09. The lowest BCUT2D eigenvalue weighted by Crippen LogP contribution is -2.34. The second kappa shape index (κ2) is 9.04. The minimum absolute atomic E-state index is 0.397. The van der Waals surface area contributed by atoms with Gasteiger partial charge < -0.3 is 15.0 Å². The van der Waals surface area contributed by atoms with Crippen molar-refractivity contribution >= 4 is 29.1 Å².